The number of para-hydroxylation sites is 1. The number of anilines is 1. The smallest absolute Gasteiger partial charge is 0.228 e. The molecule has 5 heteroatoms. The van der Waals surface area contributed by atoms with Crippen LogP contribution in [-0.4, -0.2) is 33.9 Å². The lowest BCUT2D eigenvalue weighted by Crippen LogP contribution is -2.27. The summed E-state index contributed by atoms with van der Waals surface area (Å²) in [5.74, 6) is 1.46. The molecular weight excluding hydrogens is 278 g/mol. The Morgan fingerprint density at radius 1 is 1.23 bits per heavy atom. The molecule has 2 aromatic rings. The lowest BCUT2D eigenvalue weighted by Gasteiger charge is -2.17. The molecule has 0 radical (unpaired) electrons. The van der Waals surface area contributed by atoms with Crippen molar-refractivity contribution in [1.82, 2.24) is 9.78 Å². The minimum Gasteiger partial charge on any atom is -0.396 e. The van der Waals surface area contributed by atoms with Crippen molar-refractivity contribution in [2.75, 3.05) is 18.1 Å². The second-order valence-electron chi connectivity index (χ2n) is 6.21. The highest BCUT2D eigenvalue weighted by Crippen LogP contribution is 2.41. The first-order valence-corrected chi connectivity index (χ1v) is 7.83. The Kier molecular flexibility index (Phi) is 3.22. The molecule has 1 saturated heterocycles. The standard InChI is InChI=1S/C17H19N3O2/c21-11-12-8-17(22)19(10-12)16-9-15(13-6-7-13)18-20(16)14-4-2-1-3-5-14/h1-5,9,12-13,21H,6-8,10-11H2. The van der Waals surface area contributed by atoms with E-state index in [2.05, 4.69) is 0 Å². The number of carbonyl (C=O) groups is 1. The number of hydrogen-bond acceptors (Lipinski definition) is 3. The van der Waals surface area contributed by atoms with Crippen LogP contribution in [0.15, 0.2) is 36.4 Å². The van der Waals surface area contributed by atoms with Crippen LogP contribution < -0.4 is 4.90 Å². The van der Waals surface area contributed by atoms with E-state index in [-0.39, 0.29) is 18.4 Å². The molecule has 1 unspecified atom stereocenters. The summed E-state index contributed by atoms with van der Waals surface area (Å²) >= 11 is 0. The Morgan fingerprint density at radius 2 is 2.00 bits per heavy atom. The molecule has 114 valence electrons. The predicted molar refractivity (Wildman–Crippen MR) is 83.1 cm³/mol. The van der Waals surface area contributed by atoms with Gasteiger partial charge in [0.2, 0.25) is 5.91 Å². The molecule has 5 nitrogen and oxygen atoms in total. The van der Waals surface area contributed by atoms with Crippen molar-refractivity contribution in [2.24, 2.45) is 5.92 Å². The van der Waals surface area contributed by atoms with E-state index in [0.717, 1.165) is 17.2 Å². The molecule has 1 N–H and O–H groups in total. The first-order chi connectivity index (χ1) is 10.8. The zero-order chi connectivity index (χ0) is 15.1. The van der Waals surface area contributed by atoms with Crippen LogP contribution in [0.1, 0.15) is 30.9 Å². The van der Waals surface area contributed by atoms with Crippen molar-refractivity contribution in [1.29, 1.82) is 0 Å². The summed E-state index contributed by atoms with van der Waals surface area (Å²) in [6, 6.07) is 12.0. The Hall–Kier alpha value is -2.14. The number of nitrogens with zero attached hydrogens (tertiary/aromatic N) is 3. The summed E-state index contributed by atoms with van der Waals surface area (Å²) in [4.78, 5) is 14.1. The van der Waals surface area contributed by atoms with Crippen LogP contribution in [-0.2, 0) is 4.79 Å². The van der Waals surface area contributed by atoms with Crippen molar-refractivity contribution in [3.63, 3.8) is 0 Å². The van der Waals surface area contributed by atoms with Gasteiger partial charge in [0.15, 0.2) is 0 Å². The molecule has 1 atom stereocenters. The molecule has 4 rings (SSSR count). The number of rotatable bonds is 4. The molecule has 1 amide bonds. The van der Waals surface area contributed by atoms with Gasteiger partial charge >= 0.3 is 0 Å². The molecule has 0 bridgehead atoms. The fourth-order valence-corrected chi connectivity index (χ4v) is 3.04. The van der Waals surface area contributed by atoms with Crippen LogP contribution >= 0.6 is 0 Å². The van der Waals surface area contributed by atoms with Crippen LogP contribution in [0, 0.1) is 5.92 Å². The van der Waals surface area contributed by atoms with E-state index in [1.54, 1.807) is 4.90 Å². The molecule has 0 spiro atoms. The molecular formula is C17H19N3O2. The van der Waals surface area contributed by atoms with Gasteiger partial charge in [-0.2, -0.15) is 5.10 Å². The highest BCUT2D eigenvalue weighted by Gasteiger charge is 2.34. The van der Waals surface area contributed by atoms with Gasteiger partial charge in [0.05, 0.1) is 11.4 Å². The fraction of sp³-hybridized carbons (Fsp3) is 0.412. The SMILES string of the molecule is O=C1CC(CO)CN1c1cc(C2CC2)nn1-c1ccccc1. The largest absolute Gasteiger partial charge is 0.396 e. The van der Waals surface area contributed by atoms with Crippen molar-refractivity contribution in [3.05, 3.63) is 42.1 Å². The molecule has 1 aromatic carbocycles. The Morgan fingerprint density at radius 3 is 2.64 bits per heavy atom. The maximum absolute atomic E-state index is 12.3. The number of aromatic nitrogens is 2. The van der Waals surface area contributed by atoms with E-state index in [0.29, 0.717) is 18.9 Å². The lowest BCUT2D eigenvalue weighted by molar-refractivity contribution is -0.117. The quantitative estimate of drug-likeness (QED) is 0.940. The van der Waals surface area contributed by atoms with Crippen molar-refractivity contribution >= 4 is 11.7 Å². The minimum atomic E-state index is 0.0241. The summed E-state index contributed by atoms with van der Waals surface area (Å²) in [6.07, 6.45) is 2.77. The summed E-state index contributed by atoms with van der Waals surface area (Å²) in [5, 5.41) is 14.1. The maximum Gasteiger partial charge on any atom is 0.228 e. The third kappa shape index (κ3) is 2.31. The summed E-state index contributed by atoms with van der Waals surface area (Å²) < 4.78 is 1.87. The number of aliphatic hydroxyl groups is 1. The zero-order valence-corrected chi connectivity index (χ0v) is 12.4. The van der Waals surface area contributed by atoms with Gasteiger partial charge in [-0.25, -0.2) is 4.68 Å². The minimum absolute atomic E-state index is 0.0241. The van der Waals surface area contributed by atoms with Crippen molar-refractivity contribution in [3.8, 4) is 5.69 Å². The van der Waals surface area contributed by atoms with E-state index in [1.807, 2.05) is 41.1 Å². The Balaban J connectivity index is 1.76. The van der Waals surface area contributed by atoms with Gasteiger partial charge in [-0.1, -0.05) is 18.2 Å². The molecule has 1 aliphatic heterocycles. The summed E-state index contributed by atoms with van der Waals surface area (Å²) in [7, 11) is 0. The lowest BCUT2D eigenvalue weighted by atomic mass is 10.1. The number of carbonyl (C=O) groups excluding carboxylic acids is 1. The van der Waals surface area contributed by atoms with Gasteiger partial charge in [0.1, 0.15) is 5.82 Å². The Labute approximate surface area is 129 Å². The topological polar surface area (TPSA) is 58.4 Å². The van der Waals surface area contributed by atoms with Gasteiger partial charge in [-0.15, -0.1) is 0 Å². The monoisotopic (exact) mass is 297 g/mol. The first kappa shape index (κ1) is 13.5. The van der Waals surface area contributed by atoms with Crippen LogP contribution in [0.25, 0.3) is 5.69 Å². The van der Waals surface area contributed by atoms with Crippen LogP contribution in [0.4, 0.5) is 5.82 Å². The normalized spacial score (nSPS) is 21.6. The molecule has 1 aromatic heterocycles. The third-order valence-electron chi connectivity index (χ3n) is 4.45. The van der Waals surface area contributed by atoms with Gasteiger partial charge in [-0.3, -0.25) is 9.69 Å². The van der Waals surface area contributed by atoms with Crippen LogP contribution in [0.2, 0.25) is 0 Å². The average molecular weight is 297 g/mol. The number of hydrogen-bond donors (Lipinski definition) is 1. The second kappa shape index (κ2) is 5.25. The number of amides is 1. The van der Waals surface area contributed by atoms with Gasteiger partial charge < -0.3 is 5.11 Å². The highest BCUT2D eigenvalue weighted by molar-refractivity contribution is 5.95. The molecule has 1 saturated carbocycles. The van der Waals surface area contributed by atoms with Crippen molar-refractivity contribution in [2.45, 2.75) is 25.2 Å². The van der Waals surface area contributed by atoms with Gasteiger partial charge in [-0.05, 0) is 25.0 Å². The zero-order valence-electron chi connectivity index (χ0n) is 12.4. The van der Waals surface area contributed by atoms with Crippen LogP contribution in [0.3, 0.4) is 0 Å². The van der Waals surface area contributed by atoms with Crippen LogP contribution in [0.5, 0.6) is 0 Å². The summed E-state index contributed by atoms with van der Waals surface area (Å²) in [6.45, 7) is 0.620. The van der Waals surface area contributed by atoms with Gasteiger partial charge in [0, 0.05) is 37.5 Å². The van der Waals surface area contributed by atoms with E-state index in [4.69, 9.17) is 5.10 Å². The molecule has 2 heterocycles. The second-order valence-corrected chi connectivity index (χ2v) is 6.21. The third-order valence-corrected chi connectivity index (χ3v) is 4.45. The summed E-state index contributed by atoms with van der Waals surface area (Å²) in [5.41, 5.74) is 2.03. The average Bonchev–Trinajstić information content (AvgIpc) is 3.20. The first-order valence-electron chi connectivity index (χ1n) is 7.83. The molecule has 1 aliphatic carbocycles. The predicted octanol–water partition coefficient (Wildman–Crippen LogP) is 2.09. The Bertz CT molecular complexity index is 691. The number of aliphatic hydroxyl groups excluding tert-OH is 1. The fourth-order valence-electron chi connectivity index (χ4n) is 3.04. The van der Waals surface area contributed by atoms with E-state index >= 15 is 0 Å². The molecule has 2 fully saturated rings. The van der Waals surface area contributed by atoms with E-state index in [1.165, 1.54) is 12.8 Å². The van der Waals surface area contributed by atoms with Gasteiger partial charge in [0.25, 0.3) is 0 Å². The number of benzene rings is 1. The maximum atomic E-state index is 12.3. The van der Waals surface area contributed by atoms with Crippen molar-refractivity contribution < 1.29 is 9.90 Å². The van der Waals surface area contributed by atoms with E-state index < -0.39 is 0 Å². The molecule has 22 heavy (non-hydrogen) atoms. The highest BCUT2D eigenvalue weighted by atomic mass is 16.3. The van der Waals surface area contributed by atoms with E-state index in [9.17, 15) is 9.90 Å². The molecule has 2 aliphatic rings.